The van der Waals surface area contributed by atoms with Gasteiger partial charge >= 0.3 is 0 Å². The molecule has 2 heterocycles. The number of amides is 1. The summed E-state index contributed by atoms with van der Waals surface area (Å²) in [5.74, 6) is 1.67. The fourth-order valence-electron chi connectivity index (χ4n) is 2.81. The van der Waals surface area contributed by atoms with Crippen molar-refractivity contribution in [3.8, 4) is 0 Å². The van der Waals surface area contributed by atoms with E-state index < -0.39 is 0 Å². The van der Waals surface area contributed by atoms with E-state index in [4.69, 9.17) is 0 Å². The maximum Gasteiger partial charge on any atom is 0.237 e. The van der Waals surface area contributed by atoms with Crippen molar-refractivity contribution in [2.24, 2.45) is 11.8 Å². The van der Waals surface area contributed by atoms with Gasteiger partial charge in [0.15, 0.2) is 0 Å². The SMILES string of the molecule is O=C(NC1[C@H]2CNC[C@@H]12)[C@@H]1CCCN1. The molecule has 4 atom stereocenters. The summed E-state index contributed by atoms with van der Waals surface area (Å²) in [5, 5.41) is 9.71. The largest absolute Gasteiger partial charge is 0.351 e. The highest BCUT2D eigenvalue weighted by Crippen LogP contribution is 2.41. The highest BCUT2D eigenvalue weighted by molar-refractivity contribution is 5.82. The van der Waals surface area contributed by atoms with Crippen molar-refractivity contribution < 1.29 is 4.79 Å². The van der Waals surface area contributed by atoms with Gasteiger partial charge in [0.2, 0.25) is 5.91 Å². The minimum Gasteiger partial charge on any atom is -0.351 e. The fourth-order valence-corrected chi connectivity index (χ4v) is 2.81. The summed E-state index contributed by atoms with van der Waals surface area (Å²) >= 11 is 0. The first kappa shape index (κ1) is 8.68. The zero-order valence-corrected chi connectivity index (χ0v) is 8.25. The van der Waals surface area contributed by atoms with Gasteiger partial charge < -0.3 is 16.0 Å². The molecule has 78 valence electrons. The van der Waals surface area contributed by atoms with Gasteiger partial charge in [0, 0.05) is 19.1 Å². The Kier molecular flexibility index (Phi) is 1.99. The molecule has 1 unspecified atom stereocenters. The van der Waals surface area contributed by atoms with Gasteiger partial charge in [-0.25, -0.2) is 0 Å². The number of rotatable bonds is 2. The molecule has 0 aromatic carbocycles. The molecule has 4 heteroatoms. The van der Waals surface area contributed by atoms with E-state index in [0.717, 1.165) is 44.3 Å². The maximum absolute atomic E-state index is 11.7. The third-order valence-electron chi connectivity index (χ3n) is 3.78. The third kappa shape index (κ3) is 1.33. The minimum absolute atomic E-state index is 0.0873. The second-order valence-corrected chi connectivity index (χ2v) is 4.67. The summed E-state index contributed by atoms with van der Waals surface area (Å²) < 4.78 is 0. The van der Waals surface area contributed by atoms with Crippen LogP contribution >= 0.6 is 0 Å². The molecule has 0 bridgehead atoms. The molecule has 0 aromatic heterocycles. The summed E-state index contributed by atoms with van der Waals surface area (Å²) in [6.45, 7) is 3.18. The van der Waals surface area contributed by atoms with Crippen LogP contribution in [0.25, 0.3) is 0 Å². The molecule has 3 fully saturated rings. The molecule has 3 N–H and O–H groups in total. The van der Waals surface area contributed by atoms with Crippen LogP contribution in [0.5, 0.6) is 0 Å². The lowest BCUT2D eigenvalue weighted by molar-refractivity contribution is -0.123. The van der Waals surface area contributed by atoms with Gasteiger partial charge in [-0.3, -0.25) is 4.79 Å². The molecule has 1 amide bonds. The maximum atomic E-state index is 11.7. The number of piperidine rings is 1. The number of fused-ring (bicyclic) bond motifs is 1. The van der Waals surface area contributed by atoms with E-state index >= 15 is 0 Å². The van der Waals surface area contributed by atoms with Crippen LogP contribution in [0.1, 0.15) is 12.8 Å². The average molecular weight is 195 g/mol. The number of hydrogen-bond acceptors (Lipinski definition) is 3. The Bertz CT molecular complexity index is 240. The summed E-state index contributed by atoms with van der Waals surface area (Å²) in [6, 6.07) is 0.565. The smallest absolute Gasteiger partial charge is 0.237 e. The van der Waals surface area contributed by atoms with Gasteiger partial charge in [-0.2, -0.15) is 0 Å². The highest BCUT2D eigenvalue weighted by Gasteiger charge is 2.53. The van der Waals surface area contributed by atoms with Gasteiger partial charge in [0.05, 0.1) is 6.04 Å². The third-order valence-corrected chi connectivity index (χ3v) is 3.78. The lowest BCUT2D eigenvalue weighted by atomic mass is 10.2. The number of nitrogens with one attached hydrogen (secondary N) is 3. The molecule has 3 aliphatic rings. The van der Waals surface area contributed by atoms with E-state index in [2.05, 4.69) is 16.0 Å². The normalized spacial score (nSPS) is 44.9. The summed E-state index contributed by atoms with van der Waals surface area (Å²) in [4.78, 5) is 11.7. The molecular formula is C10H17N3O. The van der Waals surface area contributed by atoms with Crippen LogP contribution in [0.4, 0.5) is 0 Å². The van der Waals surface area contributed by atoms with E-state index in [-0.39, 0.29) is 11.9 Å². The Labute approximate surface area is 83.8 Å². The monoisotopic (exact) mass is 195 g/mol. The van der Waals surface area contributed by atoms with Crippen molar-refractivity contribution in [1.29, 1.82) is 0 Å². The van der Waals surface area contributed by atoms with Gasteiger partial charge in [0.1, 0.15) is 0 Å². The molecule has 4 nitrogen and oxygen atoms in total. The van der Waals surface area contributed by atoms with Crippen LogP contribution in [0, 0.1) is 11.8 Å². The predicted octanol–water partition coefficient (Wildman–Crippen LogP) is -0.928. The van der Waals surface area contributed by atoms with E-state index in [1.165, 1.54) is 0 Å². The van der Waals surface area contributed by atoms with E-state index in [9.17, 15) is 4.79 Å². The summed E-state index contributed by atoms with van der Waals surface area (Å²) in [6.07, 6.45) is 2.14. The second kappa shape index (κ2) is 3.21. The zero-order chi connectivity index (χ0) is 9.54. The molecule has 0 spiro atoms. The first-order valence-electron chi connectivity index (χ1n) is 5.61. The van der Waals surface area contributed by atoms with Crippen LogP contribution in [0.3, 0.4) is 0 Å². The lowest BCUT2D eigenvalue weighted by Gasteiger charge is -2.12. The van der Waals surface area contributed by atoms with E-state index in [0.29, 0.717) is 6.04 Å². The molecule has 2 saturated heterocycles. The molecule has 3 rings (SSSR count). The van der Waals surface area contributed by atoms with Crippen molar-refractivity contribution in [2.75, 3.05) is 19.6 Å². The van der Waals surface area contributed by atoms with Gasteiger partial charge in [-0.15, -0.1) is 0 Å². The van der Waals surface area contributed by atoms with E-state index in [1.807, 2.05) is 0 Å². The highest BCUT2D eigenvalue weighted by atomic mass is 16.2. The van der Waals surface area contributed by atoms with Gasteiger partial charge in [-0.05, 0) is 31.2 Å². The Morgan fingerprint density at radius 3 is 2.71 bits per heavy atom. The lowest BCUT2D eigenvalue weighted by Crippen LogP contribution is -2.43. The van der Waals surface area contributed by atoms with Crippen LogP contribution in [0.15, 0.2) is 0 Å². The second-order valence-electron chi connectivity index (χ2n) is 4.67. The average Bonchev–Trinajstić information content (AvgIpc) is 2.75. The summed E-state index contributed by atoms with van der Waals surface area (Å²) in [5.41, 5.74) is 0. The standard InChI is InChI=1S/C10H17N3O/c14-10(8-2-1-3-12-8)13-9-6-4-11-5-7(6)9/h6-9,11-12H,1-5H2,(H,13,14)/t6-,7+,8-,9?/m0/s1. The van der Waals surface area contributed by atoms with Crippen molar-refractivity contribution in [3.63, 3.8) is 0 Å². The first-order valence-corrected chi connectivity index (χ1v) is 5.61. The van der Waals surface area contributed by atoms with Crippen LogP contribution in [-0.4, -0.2) is 37.6 Å². The molecule has 0 radical (unpaired) electrons. The molecule has 2 aliphatic heterocycles. The fraction of sp³-hybridized carbons (Fsp3) is 0.900. The zero-order valence-electron chi connectivity index (χ0n) is 8.25. The summed E-state index contributed by atoms with van der Waals surface area (Å²) in [7, 11) is 0. The Morgan fingerprint density at radius 2 is 2.07 bits per heavy atom. The molecule has 1 saturated carbocycles. The van der Waals surface area contributed by atoms with Crippen molar-refractivity contribution in [3.05, 3.63) is 0 Å². The van der Waals surface area contributed by atoms with Crippen LogP contribution in [-0.2, 0) is 4.79 Å². The minimum atomic E-state index is 0.0873. The van der Waals surface area contributed by atoms with Crippen molar-refractivity contribution in [1.82, 2.24) is 16.0 Å². The van der Waals surface area contributed by atoms with E-state index in [1.54, 1.807) is 0 Å². The van der Waals surface area contributed by atoms with Crippen LogP contribution in [0.2, 0.25) is 0 Å². The van der Waals surface area contributed by atoms with Gasteiger partial charge in [-0.1, -0.05) is 0 Å². The van der Waals surface area contributed by atoms with Crippen LogP contribution < -0.4 is 16.0 Å². The Morgan fingerprint density at radius 1 is 1.29 bits per heavy atom. The molecule has 0 aromatic rings. The Balaban J connectivity index is 1.50. The quantitative estimate of drug-likeness (QED) is 0.534. The number of hydrogen-bond donors (Lipinski definition) is 3. The molecular weight excluding hydrogens is 178 g/mol. The first-order chi connectivity index (χ1) is 6.86. The predicted molar refractivity (Wildman–Crippen MR) is 52.8 cm³/mol. The Hall–Kier alpha value is -0.610. The van der Waals surface area contributed by atoms with Gasteiger partial charge in [0.25, 0.3) is 0 Å². The van der Waals surface area contributed by atoms with Crippen molar-refractivity contribution >= 4 is 5.91 Å². The van der Waals surface area contributed by atoms with Crippen molar-refractivity contribution in [2.45, 2.75) is 24.9 Å². The number of carbonyl (C=O) groups excluding carboxylic acids is 1. The topological polar surface area (TPSA) is 53.2 Å². The molecule has 1 aliphatic carbocycles. The molecule has 14 heavy (non-hydrogen) atoms. The number of carbonyl (C=O) groups is 1.